The maximum atomic E-state index is 12.8. The van der Waals surface area contributed by atoms with E-state index in [2.05, 4.69) is 20.6 Å². The number of thioether (sulfide) groups is 1. The number of nitrogens with zero attached hydrogens (tertiary/aromatic N) is 4. The molecule has 2 atom stereocenters. The van der Waals surface area contributed by atoms with Gasteiger partial charge in [0.2, 0.25) is 0 Å². The number of rotatable bonds is 7. The Bertz CT molecular complexity index is 1050. The third kappa shape index (κ3) is 3.73. The molecule has 156 valence electrons. The molecule has 4 rings (SSSR count). The van der Waals surface area contributed by atoms with E-state index in [9.17, 15) is 19.5 Å². The fourth-order valence-corrected chi connectivity index (χ4v) is 4.57. The number of amides is 2. The summed E-state index contributed by atoms with van der Waals surface area (Å²) in [7, 11) is 0. The Kier molecular flexibility index (Phi) is 5.41. The first-order chi connectivity index (χ1) is 14.5. The minimum absolute atomic E-state index is 0.0473. The van der Waals surface area contributed by atoms with E-state index in [0.717, 1.165) is 16.2 Å². The fraction of sp³-hybridized carbons (Fsp3) is 0.250. The third-order valence-corrected chi connectivity index (χ3v) is 6.05. The van der Waals surface area contributed by atoms with Crippen molar-refractivity contribution in [1.82, 2.24) is 20.4 Å². The zero-order valence-corrected chi connectivity index (χ0v) is 16.7. The molecule has 2 aromatic heterocycles. The number of aromatic nitrogens is 2. The topological polar surface area (TPSA) is 173 Å². The molecule has 0 spiro atoms. The second kappa shape index (κ2) is 8.16. The van der Waals surface area contributed by atoms with Gasteiger partial charge in [-0.2, -0.15) is 0 Å². The van der Waals surface area contributed by atoms with Crippen LogP contribution in [0.5, 0.6) is 0 Å². The van der Waals surface area contributed by atoms with Gasteiger partial charge in [0.15, 0.2) is 17.5 Å². The smallest absolute Gasteiger partial charge is 0.352 e. The van der Waals surface area contributed by atoms with Crippen molar-refractivity contribution in [3.05, 3.63) is 40.9 Å². The van der Waals surface area contributed by atoms with E-state index in [4.69, 9.17) is 15.1 Å². The maximum absolute atomic E-state index is 12.8. The molecular formula is C16H14N6O6S2. The van der Waals surface area contributed by atoms with Gasteiger partial charge in [0.1, 0.15) is 34.8 Å². The summed E-state index contributed by atoms with van der Waals surface area (Å²) in [5, 5.41) is 20.6. The average molecular weight is 450 g/mol. The van der Waals surface area contributed by atoms with E-state index >= 15 is 0 Å². The molecular weight excluding hydrogens is 436 g/mol. The predicted molar refractivity (Wildman–Crippen MR) is 105 cm³/mol. The lowest BCUT2D eigenvalue weighted by atomic mass is 10.0. The monoisotopic (exact) mass is 450 g/mol. The highest BCUT2D eigenvalue weighted by Crippen LogP contribution is 2.37. The number of hydrogen-bond acceptors (Lipinski definition) is 11. The molecule has 1 unspecified atom stereocenters. The Morgan fingerprint density at radius 1 is 1.50 bits per heavy atom. The lowest BCUT2D eigenvalue weighted by Crippen LogP contribution is -2.70. The van der Waals surface area contributed by atoms with Gasteiger partial charge in [-0.3, -0.25) is 14.5 Å². The molecule has 0 saturated carbocycles. The van der Waals surface area contributed by atoms with Crippen molar-refractivity contribution in [3.8, 4) is 0 Å². The number of carbonyl (C=O) groups is 3. The molecule has 0 bridgehead atoms. The third-order valence-electron chi connectivity index (χ3n) is 4.19. The van der Waals surface area contributed by atoms with Crippen molar-refractivity contribution in [3.63, 3.8) is 0 Å². The standard InChI is InChI=1S/C16H14N6O6S2/c17-16-18-8(6-30-16)10(21-28-5-7-1-3-27-20-7)12(23)19-11-13(24)22-9(15(25)26)2-4-29-14(11)22/h1-3,6,11,14H,4-5H2,(H2,17,18)(H,19,23)(H,25,26)/b21-10+/t11?,14-/m1/s1. The van der Waals surface area contributed by atoms with E-state index < -0.39 is 29.2 Å². The lowest BCUT2D eigenvalue weighted by Gasteiger charge is -2.48. The van der Waals surface area contributed by atoms with Gasteiger partial charge in [0.25, 0.3) is 11.8 Å². The number of aliphatic carboxylic acids is 1. The van der Waals surface area contributed by atoms with Crippen molar-refractivity contribution in [2.24, 2.45) is 5.16 Å². The second-order valence-electron chi connectivity index (χ2n) is 6.05. The highest BCUT2D eigenvalue weighted by Gasteiger charge is 2.53. The number of nitrogens with two attached hydrogens (primary N) is 1. The second-order valence-corrected chi connectivity index (χ2v) is 8.09. The predicted octanol–water partition coefficient (Wildman–Crippen LogP) is 0.00260. The minimum Gasteiger partial charge on any atom is -0.477 e. The Morgan fingerprint density at radius 2 is 2.33 bits per heavy atom. The highest BCUT2D eigenvalue weighted by molar-refractivity contribution is 8.00. The van der Waals surface area contributed by atoms with Gasteiger partial charge in [-0.1, -0.05) is 10.3 Å². The van der Waals surface area contributed by atoms with Gasteiger partial charge in [0, 0.05) is 17.2 Å². The Labute approximate surface area is 176 Å². The fourth-order valence-electron chi connectivity index (χ4n) is 2.82. The summed E-state index contributed by atoms with van der Waals surface area (Å²) in [4.78, 5) is 47.0. The zero-order valence-electron chi connectivity index (χ0n) is 15.0. The molecule has 2 aliphatic rings. The van der Waals surface area contributed by atoms with Crippen molar-refractivity contribution < 1.29 is 28.9 Å². The van der Waals surface area contributed by atoms with Gasteiger partial charge in [-0.25, -0.2) is 9.78 Å². The SMILES string of the molecule is Nc1nc(/C(=N\OCc2ccon2)C(=O)NC2C(=O)N3C(C(=O)O)=CCS[C@H]23)cs1. The normalized spacial score (nSPS) is 20.8. The van der Waals surface area contributed by atoms with E-state index in [1.165, 1.54) is 29.5 Å². The largest absolute Gasteiger partial charge is 0.477 e. The van der Waals surface area contributed by atoms with Crippen LogP contribution in [0.1, 0.15) is 11.4 Å². The van der Waals surface area contributed by atoms with E-state index in [1.54, 1.807) is 6.07 Å². The summed E-state index contributed by atoms with van der Waals surface area (Å²) in [6.07, 6.45) is 2.83. The summed E-state index contributed by atoms with van der Waals surface area (Å²) in [6.45, 7) is -0.0473. The first-order valence-corrected chi connectivity index (χ1v) is 10.4. The molecule has 4 N–H and O–H groups in total. The van der Waals surface area contributed by atoms with E-state index in [1.807, 2.05) is 0 Å². The molecule has 14 heteroatoms. The van der Waals surface area contributed by atoms with Crippen molar-refractivity contribution >= 4 is 51.7 Å². The molecule has 30 heavy (non-hydrogen) atoms. The minimum atomic E-state index is -1.19. The summed E-state index contributed by atoms with van der Waals surface area (Å²) in [6, 6.07) is 0.674. The van der Waals surface area contributed by atoms with Crippen LogP contribution in [-0.4, -0.2) is 60.8 Å². The van der Waals surface area contributed by atoms with Crippen molar-refractivity contribution in [2.75, 3.05) is 11.5 Å². The van der Waals surface area contributed by atoms with Gasteiger partial charge in [-0.05, 0) is 6.08 Å². The molecule has 0 radical (unpaired) electrons. The van der Waals surface area contributed by atoms with Gasteiger partial charge < -0.3 is 25.5 Å². The van der Waals surface area contributed by atoms with Crippen LogP contribution < -0.4 is 11.1 Å². The molecule has 4 heterocycles. The molecule has 1 saturated heterocycles. The number of hydrogen-bond donors (Lipinski definition) is 3. The van der Waals surface area contributed by atoms with Crippen LogP contribution >= 0.6 is 23.1 Å². The van der Waals surface area contributed by atoms with Crippen molar-refractivity contribution in [2.45, 2.75) is 18.0 Å². The molecule has 0 aromatic carbocycles. The van der Waals surface area contributed by atoms with Crippen LogP contribution in [0.2, 0.25) is 0 Å². The zero-order chi connectivity index (χ0) is 21.3. The van der Waals surface area contributed by atoms with Crippen LogP contribution in [0.15, 0.2) is 39.2 Å². The first kappa shape index (κ1) is 19.9. The van der Waals surface area contributed by atoms with Gasteiger partial charge in [-0.15, -0.1) is 23.1 Å². The van der Waals surface area contributed by atoms with Crippen LogP contribution in [0.25, 0.3) is 0 Å². The number of β-lactam (4-membered cyclic amide) rings is 1. The Hall–Kier alpha value is -3.39. The molecule has 1 fully saturated rings. The average Bonchev–Trinajstić information content (AvgIpc) is 3.40. The number of carboxylic acids is 1. The highest BCUT2D eigenvalue weighted by atomic mass is 32.2. The number of nitrogen functional groups attached to an aromatic ring is 1. The Balaban J connectivity index is 1.49. The molecule has 12 nitrogen and oxygen atoms in total. The number of oxime groups is 1. The lowest BCUT2D eigenvalue weighted by molar-refractivity contribution is -0.150. The molecule has 2 amide bonds. The number of anilines is 1. The van der Waals surface area contributed by atoms with E-state index in [0.29, 0.717) is 11.4 Å². The molecule has 2 aliphatic heterocycles. The van der Waals surface area contributed by atoms with Crippen LogP contribution in [0, 0.1) is 0 Å². The summed E-state index contributed by atoms with van der Waals surface area (Å²) in [5.41, 5.74) is 6.03. The van der Waals surface area contributed by atoms with Crippen LogP contribution in [0.3, 0.4) is 0 Å². The van der Waals surface area contributed by atoms with Crippen molar-refractivity contribution in [1.29, 1.82) is 0 Å². The first-order valence-electron chi connectivity index (χ1n) is 8.45. The quantitative estimate of drug-likeness (QED) is 0.296. The van der Waals surface area contributed by atoms with Gasteiger partial charge >= 0.3 is 5.97 Å². The molecule has 0 aliphatic carbocycles. The van der Waals surface area contributed by atoms with Gasteiger partial charge in [0.05, 0.1) is 0 Å². The molecule has 2 aromatic rings. The van der Waals surface area contributed by atoms with Crippen LogP contribution in [-0.2, 0) is 25.8 Å². The summed E-state index contributed by atoms with van der Waals surface area (Å²) >= 11 is 2.46. The number of thiazole rings is 1. The Morgan fingerprint density at radius 3 is 3.00 bits per heavy atom. The number of fused-ring (bicyclic) bond motifs is 1. The number of carboxylic acid groups (broad SMARTS) is 1. The number of carbonyl (C=O) groups excluding carboxylic acids is 2. The summed E-state index contributed by atoms with van der Waals surface area (Å²) < 4.78 is 4.69. The number of nitrogens with one attached hydrogen (secondary N) is 1. The maximum Gasteiger partial charge on any atom is 0.352 e. The van der Waals surface area contributed by atoms with E-state index in [-0.39, 0.29) is 28.8 Å². The summed E-state index contributed by atoms with van der Waals surface area (Å²) in [5.74, 6) is -2.01. The van der Waals surface area contributed by atoms with Crippen LogP contribution in [0.4, 0.5) is 5.13 Å².